The maximum Gasteiger partial charge on any atom is 0.309 e. The van der Waals surface area contributed by atoms with E-state index in [0.29, 0.717) is 19.5 Å². The molecule has 0 aromatic carbocycles. The second-order valence-electron chi connectivity index (χ2n) is 6.78. The first-order chi connectivity index (χ1) is 9.13. The van der Waals surface area contributed by atoms with E-state index in [2.05, 4.69) is 36.1 Å². The van der Waals surface area contributed by atoms with E-state index in [1.54, 1.807) is 13.8 Å². The van der Waals surface area contributed by atoms with Crippen molar-refractivity contribution in [2.45, 2.75) is 53.0 Å². The zero-order valence-corrected chi connectivity index (χ0v) is 13.0. The molecule has 1 rings (SSSR count). The first-order valence-corrected chi connectivity index (χ1v) is 6.88. The topological polar surface area (TPSA) is 75.1 Å². The lowest BCUT2D eigenvalue weighted by atomic mass is 9.90. The normalized spacial score (nSPS) is 12.4. The fraction of sp³-hybridized carbons (Fsp3) is 0.667. The predicted molar refractivity (Wildman–Crippen MR) is 78.5 cm³/mol. The highest BCUT2D eigenvalue weighted by atomic mass is 16.4. The average molecular weight is 279 g/mol. The number of nitrogens with one attached hydrogen (secondary N) is 1. The summed E-state index contributed by atoms with van der Waals surface area (Å²) in [6, 6.07) is 0. The average Bonchev–Trinajstić information content (AvgIpc) is 2.34. The van der Waals surface area contributed by atoms with Crippen molar-refractivity contribution in [2.75, 3.05) is 6.54 Å². The third-order valence-corrected chi connectivity index (χ3v) is 3.21. The summed E-state index contributed by atoms with van der Waals surface area (Å²) in [7, 11) is 0. The van der Waals surface area contributed by atoms with Crippen LogP contribution in [0, 0.1) is 5.41 Å². The van der Waals surface area contributed by atoms with Crippen molar-refractivity contribution in [2.24, 2.45) is 5.41 Å². The van der Waals surface area contributed by atoms with Crippen LogP contribution < -0.4 is 5.32 Å². The SMILES string of the molecule is CC(C)(CCNCc1cnc(C(C)(C)C)nc1)C(=O)O. The number of nitrogens with zero attached hydrogens (tertiary/aromatic N) is 2. The van der Waals surface area contributed by atoms with Crippen LogP contribution >= 0.6 is 0 Å². The highest BCUT2D eigenvalue weighted by Crippen LogP contribution is 2.19. The number of aromatic nitrogens is 2. The summed E-state index contributed by atoms with van der Waals surface area (Å²) >= 11 is 0. The van der Waals surface area contributed by atoms with Gasteiger partial charge in [-0.25, -0.2) is 9.97 Å². The van der Waals surface area contributed by atoms with Gasteiger partial charge < -0.3 is 10.4 Å². The molecule has 0 saturated heterocycles. The van der Waals surface area contributed by atoms with E-state index in [9.17, 15) is 4.79 Å². The van der Waals surface area contributed by atoms with Gasteiger partial charge >= 0.3 is 5.97 Å². The minimum absolute atomic E-state index is 0.0442. The molecule has 0 atom stereocenters. The van der Waals surface area contributed by atoms with Crippen molar-refractivity contribution in [3.63, 3.8) is 0 Å². The molecule has 1 aromatic heterocycles. The van der Waals surface area contributed by atoms with Crippen LogP contribution in [0.1, 0.15) is 52.4 Å². The molecule has 0 radical (unpaired) electrons. The van der Waals surface area contributed by atoms with Gasteiger partial charge in [0.1, 0.15) is 5.82 Å². The summed E-state index contributed by atoms with van der Waals surface area (Å²) in [5.41, 5.74) is 0.267. The van der Waals surface area contributed by atoms with Crippen LogP contribution in [-0.2, 0) is 16.8 Å². The van der Waals surface area contributed by atoms with Crippen LogP contribution in [0.4, 0.5) is 0 Å². The lowest BCUT2D eigenvalue weighted by Gasteiger charge is -2.19. The molecule has 5 heteroatoms. The van der Waals surface area contributed by atoms with Crippen molar-refractivity contribution in [1.82, 2.24) is 15.3 Å². The minimum Gasteiger partial charge on any atom is -0.481 e. The first kappa shape index (κ1) is 16.6. The van der Waals surface area contributed by atoms with Crippen LogP contribution in [0.3, 0.4) is 0 Å². The molecular weight excluding hydrogens is 254 g/mol. The van der Waals surface area contributed by atoms with Crippen LogP contribution in [0.15, 0.2) is 12.4 Å². The number of hydrogen-bond donors (Lipinski definition) is 2. The fourth-order valence-electron chi connectivity index (χ4n) is 1.57. The third-order valence-electron chi connectivity index (χ3n) is 3.21. The maximum absolute atomic E-state index is 11.0. The van der Waals surface area contributed by atoms with E-state index in [-0.39, 0.29) is 5.41 Å². The fourth-order valence-corrected chi connectivity index (χ4v) is 1.57. The van der Waals surface area contributed by atoms with Gasteiger partial charge in [-0.3, -0.25) is 4.79 Å². The Balaban J connectivity index is 2.42. The van der Waals surface area contributed by atoms with Gasteiger partial charge in [-0.15, -0.1) is 0 Å². The summed E-state index contributed by atoms with van der Waals surface area (Å²) in [5, 5.41) is 12.2. The standard InChI is InChI=1S/C15H25N3O2/c1-14(2,3)12-17-9-11(10-18-12)8-16-7-6-15(4,5)13(19)20/h9-10,16H,6-8H2,1-5H3,(H,19,20). The van der Waals surface area contributed by atoms with Gasteiger partial charge in [-0.2, -0.15) is 0 Å². The van der Waals surface area contributed by atoms with Gasteiger partial charge in [0.05, 0.1) is 5.41 Å². The zero-order valence-electron chi connectivity index (χ0n) is 13.0. The Bertz CT molecular complexity index is 447. The Morgan fingerprint density at radius 2 is 1.75 bits per heavy atom. The number of hydrogen-bond acceptors (Lipinski definition) is 4. The molecule has 0 amide bonds. The van der Waals surface area contributed by atoms with Crippen molar-refractivity contribution < 1.29 is 9.90 Å². The second kappa shape index (κ2) is 6.31. The van der Waals surface area contributed by atoms with Crippen LogP contribution in [-0.4, -0.2) is 27.6 Å². The van der Waals surface area contributed by atoms with E-state index < -0.39 is 11.4 Å². The molecule has 0 unspecified atom stereocenters. The third kappa shape index (κ3) is 4.89. The van der Waals surface area contributed by atoms with Crippen molar-refractivity contribution >= 4 is 5.97 Å². The van der Waals surface area contributed by atoms with Gasteiger partial charge in [-0.05, 0) is 26.8 Å². The highest BCUT2D eigenvalue weighted by molar-refractivity contribution is 5.73. The number of carboxylic acids is 1. The molecule has 0 aliphatic rings. The summed E-state index contributed by atoms with van der Waals surface area (Å²) < 4.78 is 0. The molecule has 0 aliphatic heterocycles. The van der Waals surface area contributed by atoms with Gasteiger partial charge in [0.2, 0.25) is 0 Å². The molecule has 20 heavy (non-hydrogen) atoms. The van der Waals surface area contributed by atoms with Gasteiger partial charge in [0, 0.05) is 29.9 Å². The maximum atomic E-state index is 11.0. The van der Waals surface area contributed by atoms with Gasteiger partial charge in [-0.1, -0.05) is 20.8 Å². The van der Waals surface area contributed by atoms with Crippen LogP contribution in [0.2, 0.25) is 0 Å². The highest BCUT2D eigenvalue weighted by Gasteiger charge is 2.26. The lowest BCUT2D eigenvalue weighted by Crippen LogP contribution is -2.29. The monoisotopic (exact) mass is 279 g/mol. The molecule has 0 fully saturated rings. The van der Waals surface area contributed by atoms with E-state index in [1.165, 1.54) is 0 Å². The van der Waals surface area contributed by atoms with E-state index in [4.69, 9.17) is 5.11 Å². The van der Waals surface area contributed by atoms with Crippen molar-refractivity contribution in [3.05, 3.63) is 23.8 Å². The quantitative estimate of drug-likeness (QED) is 0.782. The smallest absolute Gasteiger partial charge is 0.309 e. The lowest BCUT2D eigenvalue weighted by molar-refractivity contribution is -0.147. The van der Waals surface area contributed by atoms with Gasteiger partial charge in [0.25, 0.3) is 0 Å². The predicted octanol–water partition coefficient (Wildman–Crippen LogP) is 2.36. The molecule has 1 aromatic rings. The van der Waals surface area contributed by atoms with E-state index in [1.807, 2.05) is 12.4 Å². The Morgan fingerprint density at radius 1 is 1.20 bits per heavy atom. The summed E-state index contributed by atoms with van der Waals surface area (Å²) in [5.74, 6) is 0.0606. The number of rotatable bonds is 6. The molecular formula is C15H25N3O2. The Hall–Kier alpha value is -1.49. The van der Waals surface area contributed by atoms with Gasteiger partial charge in [0.15, 0.2) is 0 Å². The summed E-state index contributed by atoms with van der Waals surface area (Å²) in [4.78, 5) is 19.7. The molecule has 0 bridgehead atoms. The largest absolute Gasteiger partial charge is 0.481 e. The molecule has 0 spiro atoms. The Labute approximate surface area is 120 Å². The van der Waals surface area contributed by atoms with E-state index >= 15 is 0 Å². The van der Waals surface area contributed by atoms with Crippen molar-refractivity contribution in [3.8, 4) is 0 Å². The number of aliphatic carboxylic acids is 1. The number of carbonyl (C=O) groups is 1. The van der Waals surface area contributed by atoms with Crippen molar-refractivity contribution in [1.29, 1.82) is 0 Å². The molecule has 112 valence electrons. The van der Waals surface area contributed by atoms with Crippen LogP contribution in [0.25, 0.3) is 0 Å². The van der Waals surface area contributed by atoms with Crippen LogP contribution in [0.5, 0.6) is 0 Å². The molecule has 0 aliphatic carbocycles. The second-order valence-corrected chi connectivity index (χ2v) is 6.78. The summed E-state index contributed by atoms with van der Waals surface area (Å²) in [6.45, 7) is 11.0. The molecule has 0 saturated carbocycles. The molecule has 5 nitrogen and oxygen atoms in total. The summed E-state index contributed by atoms with van der Waals surface area (Å²) in [6.07, 6.45) is 4.23. The Kier molecular flexibility index (Phi) is 5.22. The molecule has 1 heterocycles. The zero-order chi connectivity index (χ0) is 15.4. The number of carboxylic acid groups (broad SMARTS) is 1. The first-order valence-electron chi connectivity index (χ1n) is 6.88. The molecule has 2 N–H and O–H groups in total. The minimum atomic E-state index is -0.767. The van der Waals surface area contributed by atoms with E-state index in [0.717, 1.165) is 11.4 Å². The Morgan fingerprint density at radius 3 is 2.20 bits per heavy atom.